The summed E-state index contributed by atoms with van der Waals surface area (Å²) in [5.74, 6) is -0.166. The number of aromatic nitrogens is 1. The molecule has 3 nitrogen and oxygen atoms in total. The van der Waals surface area contributed by atoms with Gasteiger partial charge < -0.3 is 5.32 Å². The molecule has 1 rings (SSSR count). The summed E-state index contributed by atoms with van der Waals surface area (Å²) in [5, 5.41) is 5.59. The maximum Gasteiger partial charge on any atom is 0.243 e. The van der Waals surface area contributed by atoms with Gasteiger partial charge >= 0.3 is 0 Å². The highest BCUT2D eigenvalue weighted by Crippen LogP contribution is 2.06. The van der Waals surface area contributed by atoms with Crippen LogP contribution in [0.5, 0.6) is 0 Å². The van der Waals surface area contributed by atoms with Crippen molar-refractivity contribution < 1.29 is 4.79 Å². The maximum atomic E-state index is 10.7. The molecule has 1 aromatic heterocycles. The molecule has 0 aliphatic heterocycles. The standard InChI is InChI=1S/C8H10N2OS/c1-3-8(11)9-4-7-5-12-6(2)10-7/h3,5H,1,4H2,2H3,(H,9,11). The molecule has 0 aliphatic rings. The fraction of sp³-hybridized carbons (Fsp3) is 0.250. The molecule has 0 aromatic carbocycles. The quantitative estimate of drug-likeness (QED) is 0.715. The van der Waals surface area contributed by atoms with E-state index in [4.69, 9.17) is 0 Å². The van der Waals surface area contributed by atoms with Crippen molar-refractivity contribution in [2.45, 2.75) is 13.5 Å². The van der Waals surface area contributed by atoms with Gasteiger partial charge in [-0.15, -0.1) is 11.3 Å². The molecular formula is C8H10N2OS. The normalized spacial score (nSPS) is 9.42. The highest BCUT2D eigenvalue weighted by atomic mass is 32.1. The second kappa shape index (κ2) is 4.01. The van der Waals surface area contributed by atoms with Crippen molar-refractivity contribution in [2.75, 3.05) is 0 Å². The molecule has 12 heavy (non-hydrogen) atoms. The molecule has 1 N–H and O–H groups in total. The molecule has 0 aliphatic carbocycles. The van der Waals surface area contributed by atoms with Crippen LogP contribution in [-0.2, 0) is 11.3 Å². The Labute approximate surface area is 75.1 Å². The maximum absolute atomic E-state index is 10.7. The van der Waals surface area contributed by atoms with E-state index < -0.39 is 0 Å². The van der Waals surface area contributed by atoms with E-state index in [1.807, 2.05) is 12.3 Å². The van der Waals surface area contributed by atoms with E-state index in [0.717, 1.165) is 10.7 Å². The van der Waals surface area contributed by atoms with Crippen LogP contribution >= 0.6 is 11.3 Å². The van der Waals surface area contributed by atoms with Gasteiger partial charge in [-0.05, 0) is 13.0 Å². The van der Waals surface area contributed by atoms with Crippen molar-refractivity contribution in [3.8, 4) is 0 Å². The first-order valence-corrected chi connectivity index (χ1v) is 4.41. The van der Waals surface area contributed by atoms with Gasteiger partial charge in [-0.25, -0.2) is 4.98 Å². The third-order valence-corrected chi connectivity index (χ3v) is 2.12. The molecular weight excluding hydrogens is 172 g/mol. The Morgan fingerprint density at radius 2 is 2.67 bits per heavy atom. The first-order chi connectivity index (χ1) is 5.72. The van der Waals surface area contributed by atoms with E-state index in [1.54, 1.807) is 11.3 Å². The average Bonchev–Trinajstić information content (AvgIpc) is 2.47. The van der Waals surface area contributed by atoms with Crippen LogP contribution in [0.15, 0.2) is 18.0 Å². The van der Waals surface area contributed by atoms with Crippen LogP contribution in [0.3, 0.4) is 0 Å². The van der Waals surface area contributed by atoms with Crippen molar-refractivity contribution in [1.29, 1.82) is 0 Å². The lowest BCUT2D eigenvalue weighted by Crippen LogP contribution is -2.20. The Kier molecular flexibility index (Phi) is 2.99. The number of nitrogens with zero attached hydrogens (tertiary/aromatic N) is 1. The number of aryl methyl sites for hydroxylation is 1. The second-order valence-corrected chi connectivity index (χ2v) is 3.34. The van der Waals surface area contributed by atoms with E-state index in [0.29, 0.717) is 6.54 Å². The third-order valence-electron chi connectivity index (χ3n) is 1.30. The fourth-order valence-corrected chi connectivity index (χ4v) is 1.35. The topological polar surface area (TPSA) is 42.0 Å². The SMILES string of the molecule is C=CC(=O)NCc1csc(C)n1. The minimum absolute atomic E-state index is 0.166. The van der Waals surface area contributed by atoms with Crippen LogP contribution < -0.4 is 5.32 Å². The molecule has 4 heteroatoms. The number of carbonyl (C=O) groups is 1. The smallest absolute Gasteiger partial charge is 0.243 e. The van der Waals surface area contributed by atoms with Gasteiger partial charge in [-0.1, -0.05) is 6.58 Å². The Bertz CT molecular complexity index is 293. The molecule has 0 unspecified atom stereocenters. The number of thiazole rings is 1. The van der Waals surface area contributed by atoms with Crippen LogP contribution in [0.4, 0.5) is 0 Å². The lowest BCUT2D eigenvalue weighted by molar-refractivity contribution is -0.116. The van der Waals surface area contributed by atoms with Gasteiger partial charge in [0.15, 0.2) is 0 Å². The zero-order valence-electron chi connectivity index (χ0n) is 6.83. The molecule has 0 radical (unpaired) electrons. The summed E-state index contributed by atoms with van der Waals surface area (Å²) in [6.07, 6.45) is 1.25. The molecule has 0 spiro atoms. The summed E-state index contributed by atoms with van der Waals surface area (Å²) in [6.45, 7) is 5.76. The summed E-state index contributed by atoms with van der Waals surface area (Å²) >= 11 is 1.58. The first kappa shape index (κ1) is 8.93. The Balaban J connectivity index is 2.43. The van der Waals surface area contributed by atoms with E-state index in [-0.39, 0.29) is 5.91 Å². The van der Waals surface area contributed by atoms with E-state index in [2.05, 4.69) is 16.9 Å². The van der Waals surface area contributed by atoms with Crippen LogP contribution in [0.2, 0.25) is 0 Å². The summed E-state index contributed by atoms with van der Waals surface area (Å²) in [4.78, 5) is 14.9. The lowest BCUT2D eigenvalue weighted by Gasteiger charge is -1.96. The molecule has 0 bridgehead atoms. The van der Waals surface area contributed by atoms with Gasteiger partial charge in [0.2, 0.25) is 5.91 Å². The predicted molar refractivity (Wildman–Crippen MR) is 48.9 cm³/mol. The number of rotatable bonds is 3. The predicted octanol–water partition coefficient (Wildman–Crippen LogP) is 1.25. The van der Waals surface area contributed by atoms with Gasteiger partial charge in [0.25, 0.3) is 0 Å². The molecule has 0 saturated heterocycles. The van der Waals surface area contributed by atoms with Crippen molar-refractivity contribution >= 4 is 17.2 Å². The fourth-order valence-electron chi connectivity index (χ4n) is 0.739. The largest absolute Gasteiger partial charge is 0.347 e. The summed E-state index contributed by atoms with van der Waals surface area (Å²) < 4.78 is 0. The van der Waals surface area contributed by atoms with Crippen molar-refractivity contribution in [3.63, 3.8) is 0 Å². The highest BCUT2D eigenvalue weighted by molar-refractivity contribution is 7.09. The van der Waals surface area contributed by atoms with Crippen LogP contribution in [-0.4, -0.2) is 10.9 Å². The van der Waals surface area contributed by atoms with Crippen LogP contribution in [0, 0.1) is 6.92 Å². The van der Waals surface area contributed by atoms with Crippen LogP contribution in [0.25, 0.3) is 0 Å². The van der Waals surface area contributed by atoms with Crippen molar-refractivity contribution in [1.82, 2.24) is 10.3 Å². The molecule has 1 heterocycles. The number of hydrogen-bond acceptors (Lipinski definition) is 3. The van der Waals surface area contributed by atoms with Gasteiger partial charge in [0.1, 0.15) is 0 Å². The Morgan fingerprint density at radius 1 is 1.92 bits per heavy atom. The Hall–Kier alpha value is -1.16. The third kappa shape index (κ3) is 2.47. The van der Waals surface area contributed by atoms with Crippen LogP contribution in [0.1, 0.15) is 10.7 Å². The summed E-state index contributed by atoms with van der Waals surface area (Å²) in [6, 6.07) is 0. The molecule has 64 valence electrons. The van der Waals surface area contributed by atoms with Crippen molar-refractivity contribution in [2.24, 2.45) is 0 Å². The summed E-state index contributed by atoms with van der Waals surface area (Å²) in [5.41, 5.74) is 0.896. The second-order valence-electron chi connectivity index (χ2n) is 2.28. The van der Waals surface area contributed by atoms with E-state index in [9.17, 15) is 4.79 Å². The zero-order chi connectivity index (χ0) is 8.97. The monoisotopic (exact) mass is 182 g/mol. The van der Waals surface area contributed by atoms with E-state index >= 15 is 0 Å². The van der Waals surface area contributed by atoms with E-state index in [1.165, 1.54) is 6.08 Å². The van der Waals surface area contributed by atoms with Gasteiger partial charge in [-0.3, -0.25) is 4.79 Å². The minimum atomic E-state index is -0.166. The molecule has 0 atom stereocenters. The average molecular weight is 182 g/mol. The summed E-state index contributed by atoms with van der Waals surface area (Å²) in [7, 11) is 0. The number of amides is 1. The molecule has 1 aromatic rings. The molecule has 1 amide bonds. The van der Waals surface area contributed by atoms with Gasteiger partial charge in [-0.2, -0.15) is 0 Å². The zero-order valence-corrected chi connectivity index (χ0v) is 7.65. The molecule has 0 saturated carbocycles. The van der Waals surface area contributed by atoms with Gasteiger partial charge in [0.05, 0.1) is 17.2 Å². The lowest BCUT2D eigenvalue weighted by atomic mass is 10.4. The highest BCUT2D eigenvalue weighted by Gasteiger charge is 1.98. The first-order valence-electron chi connectivity index (χ1n) is 3.53. The number of nitrogens with one attached hydrogen (secondary N) is 1. The minimum Gasteiger partial charge on any atom is -0.347 e. The van der Waals surface area contributed by atoms with Gasteiger partial charge in [0, 0.05) is 5.38 Å². The Morgan fingerprint density at radius 3 is 3.17 bits per heavy atom. The molecule has 0 fully saturated rings. The van der Waals surface area contributed by atoms with Crippen molar-refractivity contribution in [3.05, 3.63) is 28.7 Å². The number of carbonyl (C=O) groups excluding carboxylic acids is 1. The number of hydrogen-bond donors (Lipinski definition) is 1.